The molecule has 0 unspecified atom stereocenters. The van der Waals surface area contributed by atoms with E-state index in [0.717, 1.165) is 51.3 Å². The fourth-order valence-corrected chi connectivity index (χ4v) is 4.51. The van der Waals surface area contributed by atoms with E-state index in [1.807, 2.05) is 6.07 Å². The van der Waals surface area contributed by atoms with Crippen molar-refractivity contribution in [2.45, 2.75) is 35.5 Å². The maximum absolute atomic E-state index is 12.2. The zero-order chi connectivity index (χ0) is 16.0. The molecular formula is C18H14O4S. The second-order valence-electron chi connectivity index (χ2n) is 5.74. The normalized spacial score (nSPS) is 15.4. The van der Waals surface area contributed by atoms with E-state index in [-0.39, 0.29) is 5.78 Å². The van der Waals surface area contributed by atoms with Gasteiger partial charge >= 0.3 is 6.16 Å². The molecule has 0 atom stereocenters. The van der Waals surface area contributed by atoms with E-state index < -0.39 is 6.16 Å². The molecule has 23 heavy (non-hydrogen) atoms. The average Bonchev–Trinajstić information content (AvgIpc) is 2.78. The Morgan fingerprint density at radius 2 is 1.78 bits per heavy atom. The Labute approximate surface area is 137 Å². The minimum Gasteiger partial charge on any atom is -0.449 e. The summed E-state index contributed by atoms with van der Waals surface area (Å²) >= 11 is 1.59. The standard InChI is InChI=1S/C18H14O4S/c19-14-7-3-11-4-8-15-13(17(11)14)6-2-10-1-5-12(22-18(20)21)9-16(10)23-15/h1,4-5,8-9H,2-3,6-7H2,(H,20,21). The Hall–Kier alpha value is -2.27. The zero-order valence-electron chi connectivity index (χ0n) is 12.3. The summed E-state index contributed by atoms with van der Waals surface area (Å²) in [5.74, 6) is 0.572. The molecule has 2 aliphatic rings. The van der Waals surface area contributed by atoms with Crippen molar-refractivity contribution in [3.05, 3.63) is 52.6 Å². The lowest BCUT2D eigenvalue weighted by molar-refractivity contribution is 0.0993. The summed E-state index contributed by atoms with van der Waals surface area (Å²) in [4.78, 5) is 25.0. The Balaban J connectivity index is 1.76. The third kappa shape index (κ3) is 2.51. The van der Waals surface area contributed by atoms with Crippen LogP contribution >= 0.6 is 11.8 Å². The highest BCUT2D eigenvalue weighted by Crippen LogP contribution is 2.42. The molecule has 2 aromatic rings. The molecule has 0 bridgehead atoms. The van der Waals surface area contributed by atoms with Gasteiger partial charge in [-0.15, -0.1) is 0 Å². The topological polar surface area (TPSA) is 63.6 Å². The van der Waals surface area contributed by atoms with Crippen LogP contribution in [0.2, 0.25) is 0 Å². The minimum absolute atomic E-state index is 0.248. The van der Waals surface area contributed by atoms with Gasteiger partial charge < -0.3 is 9.84 Å². The van der Waals surface area contributed by atoms with Crippen LogP contribution in [0.1, 0.15) is 33.5 Å². The van der Waals surface area contributed by atoms with Crippen LogP contribution in [-0.4, -0.2) is 17.0 Å². The monoisotopic (exact) mass is 326 g/mol. The summed E-state index contributed by atoms with van der Waals surface area (Å²) in [5, 5.41) is 8.75. The first kappa shape index (κ1) is 14.3. The van der Waals surface area contributed by atoms with E-state index in [9.17, 15) is 9.59 Å². The summed E-state index contributed by atoms with van der Waals surface area (Å²) in [5.41, 5.74) is 4.38. The lowest BCUT2D eigenvalue weighted by Gasteiger charge is -2.10. The number of Topliss-reactive ketones (excluding diaryl/α,β-unsaturated/α-hetero) is 1. The van der Waals surface area contributed by atoms with Crippen LogP contribution in [0.25, 0.3) is 0 Å². The molecule has 1 aliphatic heterocycles. The Morgan fingerprint density at radius 1 is 1.00 bits per heavy atom. The number of hydrogen-bond acceptors (Lipinski definition) is 4. The molecule has 116 valence electrons. The Bertz CT molecular complexity index is 841. The van der Waals surface area contributed by atoms with E-state index in [1.165, 1.54) is 0 Å². The smallest absolute Gasteiger partial charge is 0.449 e. The Morgan fingerprint density at radius 3 is 2.61 bits per heavy atom. The van der Waals surface area contributed by atoms with Gasteiger partial charge in [-0.1, -0.05) is 23.9 Å². The number of carbonyl (C=O) groups excluding carboxylic acids is 1. The van der Waals surface area contributed by atoms with Gasteiger partial charge in [0, 0.05) is 21.8 Å². The van der Waals surface area contributed by atoms with Gasteiger partial charge in [-0.2, -0.15) is 0 Å². The molecule has 0 saturated heterocycles. The van der Waals surface area contributed by atoms with Gasteiger partial charge in [-0.3, -0.25) is 4.79 Å². The molecule has 5 heteroatoms. The molecular weight excluding hydrogens is 312 g/mol. The summed E-state index contributed by atoms with van der Waals surface area (Å²) in [6.45, 7) is 0. The minimum atomic E-state index is -1.31. The molecule has 0 spiro atoms. The molecule has 2 aromatic carbocycles. The van der Waals surface area contributed by atoms with E-state index in [1.54, 1.807) is 23.9 Å². The highest BCUT2D eigenvalue weighted by Gasteiger charge is 2.26. The van der Waals surface area contributed by atoms with Gasteiger partial charge in [0.2, 0.25) is 0 Å². The molecule has 0 aromatic heterocycles. The zero-order valence-corrected chi connectivity index (χ0v) is 13.1. The van der Waals surface area contributed by atoms with Crippen LogP contribution in [0.5, 0.6) is 5.75 Å². The van der Waals surface area contributed by atoms with E-state index in [0.29, 0.717) is 12.2 Å². The largest absolute Gasteiger partial charge is 0.511 e. The van der Waals surface area contributed by atoms with Crippen molar-refractivity contribution in [2.24, 2.45) is 0 Å². The van der Waals surface area contributed by atoms with E-state index in [2.05, 4.69) is 12.1 Å². The molecule has 0 fully saturated rings. The molecule has 4 rings (SSSR count). The molecule has 1 heterocycles. The predicted molar refractivity (Wildman–Crippen MR) is 85.7 cm³/mol. The van der Waals surface area contributed by atoms with E-state index in [4.69, 9.17) is 9.84 Å². The van der Waals surface area contributed by atoms with Gasteiger partial charge in [-0.25, -0.2) is 4.79 Å². The molecule has 0 saturated carbocycles. The number of carbonyl (C=O) groups is 2. The van der Waals surface area contributed by atoms with Crippen molar-refractivity contribution >= 4 is 23.7 Å². The second kappa shape index (κ2) is 5.42. The van der Waals surface area contributed by atoms with Crippen molar-refractivity contribution in [3.63, 3.8) is 0 Å². The van der Waals surface area contributed by atoms with Gasteiger partial charge in [0.1, 0.15) is 5.75 Å². The second-order valence-corrected chi connectivity index (χ2v) is 6.82. The van der Waals surface area contributed by atoms with Gasteiger partial charge in [0.05, 0.1) is 0 Å². The van der Waals surface area contributed by atoms with Crippen molar-refractivity contribution in [1.82, 2.24) is 0 Å². The van der Waals surface area contributed by atoms with Gasteiger partial charge in [0.15, 0.2) is 5.78 Å². The molecule has 1 N–H and O–H groups in total. The van der Waals surface area contributed by atoms with Crippen LogP contribution in [0.4, 0.5) is 4.79 Å². The third-order valence-electron chi connectivity index (χ3n) is 4.36. The maximum Gasteiger partial charge on any atom is 0.511 e. The lowest BCUT2D eigenvalue weighted by atomic mass is 9.97. The first-order valence-corrected chi connectivity index (χ1v) is 8.33. The highest BCUT2D eigenvalue weighted by molar-refractivity contribution is 7.99. The van der Waals surface area contributed by atoms with E-state index >= 15 is 0 Å². The Kier molecular flexibility index (Phi) is 3.38. The van der Waals surface area contributed by atoms with Gasteiger partial charge in [-0.05, 0) is 54.2 Å². The van der Waals surface area contributed by atoms with Crippen LogP contribution in [0, 0.1) is 0 Å². The third-order valence-corrected chi connectivity index (χ3v) is 5.57. The molecule has 4 nitrogen and oxygen atoms in total. The number of hydrogen-bond donors (Lipinski definition) is 1. The maximum atomic E-state index is 12.2. The van der Waals surface area contributed by atoms with Gasteiger partial charge in [0.25, 0.3) is 0 Å². The predicted octanol–water partition coefficient (Wildman–Crippen LogP) is 4.12. The number of rotatable bonds is 1. The number of aryl methyl sites for hydroxylation is 2. The highest BCUT2D eigenvalue weighted by atomic mass is 32.2. The van der Waals surface area contributed by atoms with Crippen LogP contribution in [0.15, 0.2) is 40.1 Å². The van der Waals surface area contributed by atoms with Crippen molar-refractivity contribution in [2.75, 3.05) is 0 Å². The van der Waals surface area contributed by atoms with Crippen LogP contribution in [0.3, 0.4) is 0 Å². The quantitative estimate of drug-likeness (QED) is 0.631. The first-order valence-electron chi connectivity index (χ1n) is 7.51. The van der Waals surface area contributed by atoms with Crippen LogP contribution < -0.4 is 4.74 Å². The summed E-state index contributed by atoms with van der Waals surface area (Å²) in [7, 11) is 0. The fraction of sp³-hybridized carbons (Fsp3) is 0.222. The molecule has 0 radical (unpaired) electrons. The van der Waals surface area contributed by atoms with Crippen LogP contribution in [-0.2, 0) is 19.3 Å². The average molecular weight is 326 g/mol. The van der Waals surface area contributed by atoms with Crippen molar-refractivity contribution < 1.29 is 19.4 Å². The number of carboxylic acid groups (broad SMARTS) is 1. The SMILES string of the molecule is O=C(O)Oc1ccc2c(c1)Sc1ccc3c(c1CC2)C(=O)CC3. The number of ketones is 1. The molecule has 0 amide bonds. The van der Waals surface area contributed by atoms with Crippen molar-refractivity contribution in [3.8, 4) is 5.75 Å². The van der Waals surface area contributed by atoms with Crippen molar-refractivity contribution in [1.29, 1.82) is 0 Å². The lowest BCUT2D eigenvalue weighted by Crippen LogP contribution is -2.03. The summed E-state index contributed by atoms with van der Waals surface area (Å²) in [6.07, 6.45) is 1.82. The molecule has 1 aliphatic carbocycles. The summed E-state index contributed by atoms with van der Waals surface area (Å²) in [6, 6.07) is 9.48. The summed E-state index contributed by atoms with van der Waals surface area (Å²) < 4.78 is 4.75. The fourth-order valence-electron chi connectivity index (χ4n) is 3.33. The number of fused-ring (bicyclic) bond motifs is 4. The first-order chi connectivity index (χ1) is 11.1. The number of ether oxygens (including phenoxy) is 1. The number of benzene rings is 2.